The molecule has 2 nitrogen and oxygen atoms in total. The van der Waals surface area contributed by atoms with Crippen LogP contribution < -0.4 is 11.5 Å². The van der Waals surface area contributed by atoms with Crippen LogP contribution in [0.2, 0.25) is 0 Å². The Bertz CT molecular complexity index is 233. The smallest absolute Gasteiger partial charge is 0.00509 e. The van der Waals surface area contributed by atoms with Gasteiger partial charge in [0.15, 0.2) is 0 Å². The quantitative estimate of drug-likeness (QED) is 0.720. The summed E-state index contributed by atoms with van der Waals surface area (Å²) in [6, 6.07) is 10.8. The number of hydrogen-bond acceptors (Lipinski definition) is 2. The van der Waals surface area contributed by atoms with Crippen LogP contribution in [0.15, 0.2) is 30.3 Å². The molecule has 14 heavy (non-hydrogen) atoms. The van der Waals surface area contributed by atoms with E-state index in [1.165, 1.54) is 5.56 Å². The van der Waals surface area contributed by atoms with Crippen molar-refractivity contribution in [3.8, 4) is 0 Å². The van der Waals surface area contributed by atoms with Crippen molar-refractivity contribution in [2.24, 2.45) is 11.5 Å². The lowest BCUT2D eigenvalue weighted by Crippen LogP contribution is -2.23. The second-order valence-corrected chi connectivity index (χ2v) is 3.72. The van der Waals surface area contributed by atoms with Crippen LogP contribution in [-0.4, -0.2) is 12.6 Å². The molecule has 0 aliphatic carbocycles. The zero-order chi connectivity index (χ0) is 10.2. The molecule has 0 saturated carbocycles. The second kappa shape index (κ2) is 6.57. The Balaban J connectivity index is 2.16. The van der Waals surface area contributed by atoms with Gasteiger partial charge < -0.3 is 11.5 Å². The number of aryl methyl sites for hydroxylation is 1. The average Bonchev–Trinajstić information content (AvgIpc) is 2.20. The largest absolute Gasteiger partial charge is 0.330 e. The molecule has 0 heterocycles. The van der Waals surface area contributed by atoms with Gasteiger partial charge in [0.05, 0.1) is 0 Å². The number of benzene rings is 1. The zero-order valence-corrected chi connectivity index (χ0v) is 8.65. The van der Waals surface area contributed by atoms with E-state index in [-0.39, 0.29) is 6.04 Å². The first-order chi connectivity index (χ1) is 6.83. The first-order valence-electron chi connectivity index (χ1n) is 5.32. The van der Waals surface area contributed by atoms with Crippen LogP contribution in [0, 0.1) is 0 Å². The molecule has 1 aromatic carbocycles. The summed E-state index contributed by atoms with van der Waals surface area (Å²) in [5.41, 5.74) is 12.7. The summed E-state index contributed by atoms with van der Waals surface area (Å²) in [4.78, 5) is 0. The first-order valence-corrected chi connectivity index (χ1v) is 5.32. The summed E-state index contributed by atoms with van der Waals surface area (Å²) >= 11 is 0. The van der Waals surface area contributed by atoms with Crippen LogP contribution >= 0.6 is 0 Å². The minimum atomic E-state index is 0.281. The number of rotatable bonds is 6. The van der Waals surface area contributed by atoms with E-state index >= 15 is 0 Å². The Kier molecular flexibility index (Phi) is 5.27. The summed E-state index contributed by atoms with van der Waals surface area (Å²) in [6.07, 6.45) is 4.30. The van der Waals surface area contributed by atoms with Gasteiger partial charge in [-0.25, -0.2) is 0 Å². The van der Waals surface area contributed by atoms with Crippen molar-refractivity contribution in [2.75, 3.05) is 6.54 Å². The molecule has 0 aliphatic rings. The highest BCUT2D eigenvalue weighted by Gasteiger charge is 2.00. The molecular formula is C12H20N2. The van der Waals surface area contributed by atoms with E-state index in [2.05, 4.69) is 24.3 Å². The maximum absolute atomic E-state index is 5.87. The van der Waals surface area contributed by atoms with Gasteiger partial charge in [0.2, 0.25) is 0 Å². The fourth-order valence-corrected chi connectivity index (χ4v) is 1.57. The van der Waals surface area contributed by atoms with Gasteiger partial charge in [0.25, 0.3) is 0 Å². The van der Waals surface area contributed by atoms with Gasteiger partial charge in [-0.15, -0.1) is 0 Å². The highest BCUT2D eigenvalue weighted by Crippen LogP contribution is 2.06. The third-order valence-electron chi connectivity index (χ3n) is 2.42. The molecular weight excluding hydrogens is 172 g/mol. The predicted molar refractivity (Wildman–Crippen MR) is 61.0 cm³/mol. The number of nitrogens with two attached hydrogens (primary N) is 2. The van der Waals surface area contributed by atoms with Crippen molar-refractivity contribution in [3.05, 3.63) is 35.9 Å². The lowest BCUT2D eigenvalue weighted by Gasteiger charge is -2.09. The molecule has 1 atom stereocenters. The van der Waals surface area contributed by atoms with Crippen molar-refractivity contribution in [1.29, 1.82) is 0 Å². The molecule has 0 fully saturated rings. The van der Waals surface area contributed by atoms with E-state index in [0.717, 1.165) is 25.7 Å². The van der Waals surface area contributed by atoms with Crippen LogP contribution in [0.1, 0.15) is 24.8 Å². The van der Waals surface area contributed by atoms with Gasteiger partial charge in [0.1, 0.15) is 0 Å². The van der Waals surface area contributed by atoms with Gasteiger partial charge in [-0.1, -0.05) is 30.3 Å². The van der Waals surface area contributed by atoms with Gasteiger partial charge in [-0.3, -0.25) is 0 Å². The third kappa shape index (κ3) is 4.40. The van der Waals surface area contributed by atoms with Gasteiger partial charge >= 0.3 is 0 Å². The molecule has 0 amide bonds. The summed E-state index contributed by atoms with van der Waals surface area (Å²) in [7, 11) is 0. The Morgan fingerprint density at radius 2 is 1.79 bits per heavy atom. The standard InChI is InChI=1S/C12H20N2/c13-10-9-12(14)8-4-7-11-5-2-1-3-6-11/h1-3,5-6,12H,4,7-10,13-14H2. The fourth-order valence-electron chi connectivity index (χ4n) is 1.57. The van der Waals surface area contributed by atoms with Crippen molar-refractivity contribution in [1.82, 2.24) is 0 Å². The van der Waals surface area contributed by atoms with Crippen LogP contribution in [0.4, 0.5) is 0 Å². The fraction of sp³-hybridized carbons (Fsp3) is 0.500. The highest BCUT2D eigenvalue weighted by molar-refractivity contribution is 5.14. The van der Waals surface area contributed by atoms with Crippen LogP contribution in [0.5, 0.6) is 0 Å². The molecule has 1 rings (SSSR count). The lowest BCUT2D eigenvalue weighted by atomic mass is 10.0. The molecule has 1 aromatic rings. The molecule has 0 radical (unpaired) electrons. The summed E-state index contributed by atoms with van der Waals surface area (Å²) in [5.74, 6) is 0. The molecule has 0 aliphatic heterocycles. The number of hydrogen-bond donors (Lipinski definition) is 2. The zero-order valence-electron chi connectivity index (χ0n) is 8.65. The normalized spacial score (nSPS) is 12.7. The van der Waals surface area contributed by atoms with Crippen molar-refractivity contribution in [3.63, 3.8) is 0 Å². The van der Waals surface area contributed by atoms with Gasteiger partial charge in [-0.05, 0) is 37.8 Å². The summed E-state index contributed by atoms with van der Waals surface area (Å²) < 4.78 is 0. The molecule has 4 N–H and O–H groups in total. The maximum Gasteiger partial charge on any atom is 0.00509 e. The molecule has 2 heteroatoms. The van der Waals surface area contributed by atoms with Gasteiger partial charge in [0, 0.05) is 6.04 Å². The monoisotopic (exact) mass is 192 g/mol. The van der Waals surface area contributed by atoms with Gasteiger partial charge in [-0.2, -0.15) is 0 Å². The molecule has 0 saturated heterocycles. The van der Waals surface area contributed by atoms with E-state index in [4.69, 9.17) is 11.5 Å². The topological polar surface area (TPSA) is 52.0 Å². The minimum Gasteiger partial charge on any atom is -0.330 e. The van der Waals surface area contributed by atoms with E-state index in [1.807, 2.05) is 6.07 Å². The Morgan fingerprint density at radius 1 is 1.07 bits per heavy atom. The Morgan fingerprint density at radius 3 is 2.43 bits per heavy atom. The van der Waals surface area contributed by atoms with E-state index in [9.17, 15) is 0 Å². The highest BCUT2D eigenvalue weighted by atomic mass is 14.6. The van der Waals surface area contributed by atoms with Crippen molar-refractivity contribution in [2.45, 2.75) is 31.7 Å². The van der Waals surface area contributed by atoms with Crippen LogP contribution in [0.25, 0.3) is 0 Å². The molecule has 78 valence electrons. The molecule has 1 unspecified atom stereocenters. The van der Waals surface area contributed by atoms with E-state index in [0.29, 0.717) is 6.54 Å². The lowest BCUT2D eigenvalue weighted by molar-refractivity contribution is 0.552. The minimum absolute atomic E-state index is 0.281. The SMILES string of the molecule is NCCC(N)CCCc1ccccc1. The third-order valence-corrected chi connectivity index (χ3v) is 2.42. The Labute approximate surface area is 86.3 Å². The predicted octanol–water partition coefficient (Wildman–Crippen LogP) is 1.69. The average molecular weight is 192 g/mol. The van der Waals surface area contributed by atoms with E-state index in [1.54, 1.807) is 0 Å². The second-order valence-electron chi connectivity index (χ2n) is 3.72. The van der Waals surface area contributed by atoms with Crippen molar-refractivity contribution < 1.29 is 0 Å². The Hall–Kier alpha value is -0.860. The van der Waals surface area contributed by atoms with Crippen LogP contribution in [-0.2, 0) is 6.42 Å². The van der Waals surface area contributed by atoms with Crippen molar-refractivity contribution >= 4 is 0 Å². The molecule has 0 aromatic heterocycles. The first kappa shape index (κ1) is 11.2. The van der Waals surface area contributed by atoms with Crippen LogP contribution in [0.3, 0.4) is 0 Å². The molecule has 0 spiro atoms. The summed E-state index contributed by atoms with van der Waals surface area (Å²) in [5, 5.41) is 0. The molecule has 0 bridgehead atoms. The maximum atomic E-state index is 5.87. The summed E-state index contributed by atoms with van der Waals surface area (Å²) in [6.45, 7) is 0.701. The van der Waals surface area contributed by atoms with E-state index < -0.39 is 0 Å².